The minimum atomic E-state index is -0.0597. The second-order valence-electron chi connectivity index (χ2n) is 3.38. The zero-order valence-electron chi connectivity index (χ0n) is 7.42. The molecule has 0 radical (unpaired) electrons. The monoisotopic (exact) mass is 179 g/mol. The molecule has 0 saturated carbocycles. The Labute approximate surface area is 76.4 Å². The largest absolute Gasteiger partial charge is 0.316 e. The fourth-order valence-corrected chi connectivity index (χ4v) is 1.71. The molecule has 0 bridgehead atoms. The molecule has 1 aromatic rings. The van der Waals surface area contributed by atoms with E-state index in [1.165, 1.54) is 12.7 Å². The van der Waals surface area contributed by atoms with Crippen LogP contribution in [0.4, 0.5) is 0 Å². The molecule has 1 aliphatic rings. The number of aromatic nitrogens is 2. The van der Waals surface area contributed by atoms with E-state index in [4.69, 9.17) is 0 Å². The smallest absolute Gasteiger partial charge is 0.250 e. The third-order valence-electron chi connectivity index (χ3n) is 2.41. The quantitative estimate of drug-likeness (QED) is 0.649. The summed E-state index contributed by atoms with van der Waals surface area (Å²) in [7, 11) is 0. The van der Waals surface area contributed by atoms with Crippen LogP contribution in [0.5, 0.6) is 0 Å². The molecule has 1 aromatic heterocycles. The van der Waals surface area contributed by atoms with Crippen molar-refractivity contribution in [1.82, 2.24) is 15.3 Å². The first-order valence-corrected chi connectivity index (χ1v) is 4.61. The molecule has 70 valence electrons. The SMILES string of the molecule is O=c1cc([C@@H]2CCCNC2)nc[nH]1. The number of hydrogen-bond donors (Lipinski definition) is 2. The predicted octanol–water partition coefficient (Wildman–Crippen LogP) is 0.237. The minimum Gasteiger partial charge on any atom is -0.316 e. The first-order valence-electron chi connectivity index (χ1n) is 4.61. The van der Waals surface area contributed by atoms with Gasteiger partial charge in [-0.05, 0) is 19.4 Å². The molecule has 2 N–H and O–H groups in total. The molecule has 4 nitrogen and oxygen atoms in total. The van der Waals surface area contributed by atoms with Crippen molar-refractivity contribution in [3.8, 4) is 0 Å². The van der Waals surface area contributed by atoms with E-state index < -0.39 is 0 Å². The van der Waals surface area contributed by atoms with E-state index in [-0.39, 0.29) is 5.56 Å². The minimum absolute atomic E-state index is 0.0597. The van der Waals surface area contributed by atoms with Crippen molar-refractivity contribution in [2.24, 2.45) is 0 Å². The van der Waals surface area contributed by atoms with Gasteiger partial charge in [-0.15, -0.1) is 0 Å². The summed E-state index contributed by atoms with van der Waals surface area (Å²) in [6.07, 6.45) is 3.77. The van der Waals surface area contributed by atoms with E-state index >= 15 is 0 Å². The first kappa shape index (κ1) is 8.44. The molecule has 0 spiro atoms. The van der Waals surface area contributed by atoms with Gasteiger partial charge in [-0.25, -0.2) is 4.98 Å². The van der Waals surface area contributed by atoms with Crippen LogP contribution in [0, 0.1) is 0 Å². The molecule has 2 rings (SSSR count). The molecule has 0 aliphatic carbocycles. The maximum atomic E-state index is 11.0. The Hall–Kier alpha value is -1.16. The van der Waals surface area contributed by atoms with E-state index in [1.54, 1.807) is 6.07 Å². The lowest BCUT2D eigenvalue weighted by atomic mass is 9.96. The highest BCUT2D eigenvalue weighted by Gasteiger charge is 2.16. The highest BCUT2D eigenvalue weighted by Crippen LogP contribution is 2.19. The van der Waals surface area contributed by atoms with Gasteiger partial charge in [-0.2, -0.15) is 0 Å². The summed E-state index contributed by atoms with van der Waals surface area (Å²) in [5.74, 6) is 0.413. The standard InChI is InChI=1S/C9H13N3O/c13-9-4-8(11-6-12-9)7-2-1-3-10-5-7/h4,6-7,10H,1-3,5H2,(H,11,12,13)/t7-/m1/s1. The van der Waals surface area contributed by atoms with Crippen molar-refractivity contribution >= 4 is 0 Å². The van der Waals surface area contributed by atoms with Crippen molar-refractivity contribution in [1.29, 1.82) is 0 Å². The summed E-state index contributed by atoms with van der Waals surface area (Å²) in [5.41, 5.74) is 0.853. The van der Waals surface area contributed by atoms with Crippen LogP contribution in [-0.4, -0.2) is 23.1 Å². The average Bonchev–Trinajstić information content (AvgIpc) is 2.19. The lowest BCUT2D eigenvalue weighted by molar-refractivity contribution is 0.454. The Morgan fingerprint density at radius 3 is 3.15 bits per heavy atom. The number of piperidine rings is 1. The van der Waals surface area contributed by atoms with Crippen molar-refractivity contribution in [2.75, 3.05) is 13.1 Å². The molecular weight excluding hydrogens is 166 g/mol. The summed E-state index contributed by atoms with van der Waals surface area (Å²) in [5, 5.41) is 3.30. The van der Waals surface area contributed by atoms with E-state index in [9.17, 15) is 4.79 Å². The molecular formula is C9H13N3O. The summed E-state index contributed by atoms with van der Waals surface area (Å²) in [6, 6.07) is 1.59. The first-order chi connectivity index (χ1) is 6.36. The Balaban J connectivity index is 2.19. The van der Waals surface area contributed by atoms with E-state index in [1.807, 2.05) is 0 Å². The average molecular weight is 179 g/mol. The van der Waals surface area contributed by atoms with Gasteiger partial charge < -0.3 is 10.3 Å². The van der Waals surface area contributed by atoms with Gasteiger partial charge in [0.2, 0.25) is 0 Å². The fourth-order valence-electron chi connectivity index (χ4n) is 1.71. The topological polar surface area (TPSA) is 57.8 Å². The second kappa shape index (κ2) is 3.70. The molecule has 0 unspecified atom stereocenters. The number of H-pyrrole nitrogens is 1. The Morgan fingerprint density at radius 1 is 1.54 bits per heavy atom. The Bertz CT molecular complexity index is 328. The fraction of sp³-hybridized carbons (Fsp3) is 0.556. The third kappa shape index (κ3) is 1.95. The van der Waals surface area contributed by atoms with Crippen LogP contribution in [0.25, 0.3) is 0 Å². The zero-order valence-corrected chi connectivity index (χ0v) is 7.42. The van der Waals surface area contributed by atoms with Crippen molar-refractivity contribution in [3.63, 3.8) is 0 Å². The highest BCUT2D eigenvalue weighted by molar-refractivity contribution is 5.07. The van der Waals surface area contributed by atoms with Crippen molar-refractivity contribution in [2.45, 2.75) is 18.8 Å². The van der Waals surface area contributed by atoms with Gasteiger partial charge in [0.1, 0.15) is 0 Å². The van der Waals surface area contributed by atoms with Gasteiger partial charge in [0.05, 0.1) is 12.0 Å². The number of aromatic amines is 1. The third-order valence-corrected chi connectivity index (χ3v) is 2.41. The van der Waals surface area contributed by atoms with Gasteiger partial charge in [-0.1, -0.05) is 0 Å². The summed E-state index contributed by atoms with van der Waals surface area (Å²) in [6.45, 7) is 2.02. The van der Waals surface area contributed by atoms with Crippen LogP contribution >= 0.6 is 0 Å². The Morgan fingerprint density at radius 2 is 2.46 bits per heavy atom. The molecule has 0 aromatic carbocycles. The Kier molecular flexibility index (Phi) is 2.40. The number of rotatable bonds is 1. The van der Waals surface area contributed by atoms with Gasteiger partial charge in [0.15, 0.2) is 0 Å². The van der Waals surface area contributed by atoms with Gasteiger partial charge in [-0.3, -0.25) is 4.79 Å². The van der Waals surface area contributed by atoms with E-state index in [0.717, 1.165) is 25.2 Å². The summed E-state index contributed by atoms with van der Waals surface area (Å²) < 4.78 is 0. The van der Waals surface area contributed by atoms with Gasteiger partial charge >= 0.3 is 0 Å². The molecule has 1 aliphatic heterocycles. The van der Waals surface area contributed by atoms with E-state index in [2.05, 4.69) is 15.3 Å². The number of hydrogen-bond acceptors (Lipinski definition) is 3. The van der Waals surface area contributed by atoms with Crippen molar-refractivity contribution in [3.05, 3.63) is 28.4 Å². The summed E-state index contributed by atoms with van der Waals surface area (Å²) in [4.78, 5) is 17.7. The van der Waals surface area contributed by atoms with Crippen LogP contribution < -0.4 is 10.9 Å². The molecule has 1 fully saturated rings. The second-order valence-corrected chi connectivity index (χ2v) is 3.38. The van der Waals surface area contributed by atoms with Crippen LogP contribution in [0.3, 0.4) is 0 Å². The van der Waals surface area contributed by atoms with E-state index in [0.29, 0.717) is 5.92 Å². The van der Waals surface area contributed by atoms with Gasteiger partial charge in [0.25, 0.3) is 5.56 Å². The van der Waals surface area contributed by atoms with Crippen LogP contribution in [0.2, 0.25) is 0 Å². The van der Waals surface area contributed by atoms with Gasteiger partial charge in [0, 0.05) is 18.5 Å². The highest BCUT2D eigenvalue weighted by atomic mass is 16.1. The van der Waals surface area contributed by atoms with Crippen LogP contribution in [0.1, 0.15) is 24.5 Å². The molecule has 1 saturated heterocycles. The molecule has 4 heteroatoms. The molecule has 0 amide bonds. The summed E-state index contributed by atoms with van der Waals surface area (Å²) >= 11 is 0. The number of nitrogens with zero attached hydrogens (tertiary/aromatic N) is 1. The normalized spacial score (nSPS) is 22.9. The zero-order chi connectivity index (χ0) is 9.10. The lowest BCUT2D eigenvalue weighted by Gasteiger charge is -2.21. The molecule has 2 heterocycles. The van der Waals surface area contributed by atoms with Crippen LogP contribution in [-0.2, 0) is 0 Å². The molecule has 1 atom stereocenters. The predicted molar refractivity (Wildman–Crippen MR) is 49.7 cm³/mol. The van der Waals surface area contributed by atoms with Crippen molar-refractivity contribution < 1.29 is 0 Å². The maximum absolute atomic E-state index is 11.0. The number of nitrogens with one attached hydrogen (secondary N) is 2. The van der Waals surface area contributed by atoms with Crippen LogP contribution in [0.15, 0.2) is 17.2 Å². The lowest BCUT2D eigenvalue weighted by Crippen LogP contribution is -2.29. The maximum Gasteiger partial charge on any atom is 0.250 e. The molecule has 13 heavy (non-hydrogen) atoms.